The minimum Gasteiger partial charge on any atom is -0.435 e. The number of oxazole rings is 1. The van der Waals surface area contributed by atoms with Crippen molar-refractivity contribution >= 4 is 65.1 Å². The normalized spacial score (nSPS) is 11.5. The van der Waals surface area contributed by atoms with Gasteiger partial charge in [-0.2, -0.15) is 0 Å². The fourth-order valence-electron chi connectivity index (χ4n) is 2.24. The predicted octanol–water partition coefficient (Wildman–Crippen LogP) is 6.23. The number of rotatable bonds is 1. The van der Waals surface area contributed by atoms with Gasteiger partial charge >= 0.3 is 0 Å². The second kappa shape index (κ2) is 4.69. The van der Waals surface area contributed by atoms with E-state index >= 15 is 0 Å². The molecule has 0 amide bonds. The zero-order chi connectivity index (χ0) is 13.7. The van der Waals surface area contributed by atoms with Crippen molar-refractivity contribution in [2.75, 3.05) is 0 Å². The zero-order valence-corrected chi connectivity index (χ0v) is 14.0. The van der Waals surface area contributed by atoms with Crippen LogP contribution in [0.25, 0.3) is 32.6 Å². The number of thiophene rings is 1. The molecule has 4 aromatic rings. The molecule has 2 nitrogen and oxygen atoms in total. The van der Waals surface area contributed by atoms with Gasteiger partial charge in [-0.1, -0.05) is 40.2 Å². The zero-order valence-electron chi connectivity index (χ0n) is 10.1. The van der Waals surface area contributed by atoms with Gasteiger partial charge in [0.2, 0.25) is 5.89 Å². The highest BCUT2D eigenvalue weighted by molar-refractivity contribution is 9.11. The van der Waals surface area contributed by atoms with Crippen molar-refractivity contribution in [3.63, 3.8) is 0 Å². The minimum atomic E-state index is 0.666. The lowest BCUT2D eigenvalue weighted by molar-refractivity contribution is 0.625. The van der Waals surface area contributed by atoms with Crippen molar-refractivity contribution in [3.8, 4) is 10.8 Å². The van der Waals surface area contributed by atoms with Crippen LogP contribution in [0.15, 0.2) is 55.1 Å². The van der Waals surface area contributed by atoms with Gasteiger partial charge in [0.25, 0.3) is 0 Å². The molecule has 5 heteroatoms. The van der Waals surface area contributed by atoms with E-state index in [1.54, 1.807) is 11.3 Å². The summed E-state index contributed by atoms with van der Waals surface area (Å²) in [6.45, 7) is 0. The van der Waals surface area contributed by atoms with Crippen LogP contribution in [-0.4, -0.2) is 4.98 Å². The number of hydrogen-bond donors (Lipinski definition) is 0. The highest BCUT2D eigenvalue weighted by Crippen LogP contribution is 2.37. The van der Waals surface area contributed by atoms with Crippen molar-refractivity contribution in [2.45, 2.75) is 0 Å². The molecule has 0 aliphatic carbocycles. The maximum absolute atomic E-state index is 5.99. The van der Waals surface area contributed by atoms with E-state index in [2.05, 4.69) is 49.0 Å². The molecule has 98 valence electrons. The van der Waals surface area contributed by atoms with Crippen LogP contribution in [0.1, 0.15) is 0 Å². The number of fused-ring (bicyclic) bond motifs is 3. The third kappa shape index (κ3) is 1.92. The molecule has 0 bridgehead atoms. The fraction of sp³-hybridized carbons (Fsp3) is 0. The number of benzene rings is 2. The molecule has 0 aliphatic rings. The van der Waals surface area contributed by atoms with Gasteiger partial charge in [-0.15, -0.1) is 11.3 Å². The van der Waals surface area contributed by atoms with E-state index in [4.69, 9.17) is 4.42 Å². The molecule has 0 atom stereocenters. The maximum atomic E-state index is 5.99. The summed E-state index contributed by atoms with van der Waals surface area (Å²) < 4.78 is 8.10. The summed E-state index contributed by atoms with van der Waals surface area (Å²) >= 11 is 8.68. The van der Waals surface area contributed by atoms with Gasteiger partial charge < -0.3 is 4.42 Å². The first kappa shape index (κ1) is 12.6. The van der Waals surface area contributed by atoms with Gasteiger partial charge in [-0.3, -0.25) is 0 Å². The van der Waals surface area contributed by atoms with Gasteiger partial charge in [0, 0.05) is 9.86 Å². The van der Waals surface area contributed by atoms with Crippen LogP contribution in [0, 0.1) is 0 Å². The quantitative estimate of drug-likeness (QED) is 0.372. The van der Waals surface area contributed by atoms with E-state index in [1.807, 2.05) is 30.3 Å². The van der Waals surface area contributed by atoms with E-state index in [0.717, 1.165) is 35.0 Å². The van der Waals surface area contributed by atoms with Gasteiger partial charge in [0.15, 0.2) is 5.58 Å². The fourth-order valence-corrected chi connectivity index (χ4v) is 4.12. The van der Waals surface area contributed by atoms with Crippen LogP contribution >= 0.6 is 43.2 Å². The SMILES string of the molecule is Brc1ccc(-c2nc3cc(Br)c4ccccc4c3o2)s1. The predicted molar refractivity (Wildman–Crippen MR) is 90.2 cm³/mol. The van der Waals surface area contributed by atoms with Gasteiger partial charge in [-0.25, -0.2) is 4.98 Å². The summed E-state index contributed by atoms with van der Waals surface area (Å²) in [6, 6.07) is 14.2. The number of aromatic nitrogens is 1. The molecule has 0 radical (unpaired) electrons. The topological polar surface area (TPSA) is 26.0 Å². The Balaban J connectivity index is 2.06. The largest absolute Gasteiger partial charge is 0.435 e. The monoisotopic (exact) mass is 407 g/mol. The van der Waals surface area contributed by atoms with Crippen LogP contribution in [0.2, 0.25) is 0 Å². The number of nitrogens with zero attached hydrogens (tertiary/aromatic N) is 1. The summed E-state index contributed by atoms with van der Waals surface area (Å²) in [5.41, 5.74) is 1.71. The number of hydrogen-bond acceptors (Lipinski definition) is 3. The minimum absolute atomic E-state index is 0.666. The van der Waals surface area contributed by atoms with Crippen LogP contribution in [0.4, 0.5) is 0 Å². The molecule has 20 heavy (non-hydrogen) atoms. The molecule has 0 spiro atoms. The van der Waals surface area contributed by atoms with Gasteiger partial charge in [0.1, 0.15) is 5.52 Å². The Labute approximate surface area is 135 Å². The van der Waals surface area contributed by atoms with Crippen molar-refractivity contribution < 1.29 is 4.42 Å². The summed E-state index contributed by atoms with van der Waals surface area (Å²) in [5.74, 6) is 0.666. The average molecular weight is 409 g/mol. The lowest BCUT2D eigenvalue weighted by Gasteiger charge is -1.99. The Morgan fingerprint density at radius 2 is 1.80 bits per heavy atom. The molecule has 0 saturated carbocycles. The molecular weight excluding hydrogens is 402 g/mol. The van der Waals surface area contributed by atoms with Crippen LogP contribution in [-0.2, 0) is 0 Å². The third-order valence-corrected chi connectivity index (χ3v) is 5.40. The first-order chi connectivity index (χ1) is 9.72. The van der Waals surface area contributed by atoms with Crippen LogP contribution < -0.4 is 0 Å². The molecule has 0 aliphatic heterocycles. The highest BCUT2D eigenvalue weighted by atomic mass is 79.9. The van der Waals surface area contributed by atoms with Gasteiger partial charge in [0.05, 0.1) is 8.66 Å². The van der Waals surface area contributed by atoms with Crippen LogP contribution in [0.5, 0.6) is 0 Å². The van der Waals surface area contributed by atoms with E-state index in [1.165, 1.54) is 0 Å². The molecule has 4 rings (SSSR count). The molecule has 0 unspecified atom stereocenters. The lowest BCUT2D eigenvalue weighted by Crippen LogP contribution is -1.76. The van der Waals surface area contributed by atoms with E-state index in [0.29, 0.717) is 5.89 Å². The Kier molecular flexibility index (Phi) is 2.94. The van der Waals surface area contributed by atoms with E-state index in [9.17, 15) is 0 Å². The molecule has 2 heterocycles. The van der Waals surface area contributed by atoms with Crippen molar-refractivity contribution in [2.24, 2.45) is 0 Å². The summed E-state index contributed by atoms with van der Waals surface area (Å²) in [4.78, 5) is 5.62. The lowest BCUT2D eigenvalue weighted by atomic mass is 10.1. The van der Waals surface area contributed by atoms with Crippen molar-refractivity contribution in [1.29, 1.82) is 0 Å². The Hall–Kier alpha value is -1.17. The first-order valence-corrected chi connectivity index (χ1v) is 8.36. The smallest absolute Gasteiger partial charge is 0.237 e. The Morgan fingerprint density at radius 3 is 2.55 bits per heavy atom. The average Bonchev–Trinajstić information content (AvgIpc) is 3.05. The summed E-state index contributed by atoms with van der Waals surface area (Å²) in [7, 11) is 0. The summed E-state index contributed by atoms with van der Waals surface area (Å²) in [5, 5.41) is 2.21. The molecular formula is C15H7Br2NOS. The number of halogens is 2. The van der Waals surface area contributed by atoms with Crippen LogP contribution in [0.3, 0.4) is 0 Å². The van der Waals surface area contributed by atoms with Gasteiger partial charge in [-0.05, 0) is 39.5 Å². The molecule has 0 saturated heterocycles. The molecule has 2 aromatic carbocycles. The maximum Gasteiger partial charge on any atom is 0.237 e. The Morgan fingerprint density at radius 1 is 1.00 bits per heavy atom. The van der Waals surface area contributed by atoms with Crippen molar-refractivity contribution in [3.05, 3.63) is 50.7 Å². The standard InChI is InChI=1S/C15H7Br2NOS/c16-10-7-11-14(9-4-2-1-3-8(9)10)19-15(18-11)12-5-6-13(17)20-12/h1-7H. The van der Waals surface area contributed by atoms with Crippen molar-refractivity contribution in [1.82, 2.24) is 4.98 Å². The first-order valence-electron chi connectivity index (χ1n) is 5.96. The second-order valence-electron chi connectivity index (χ2n) is 4.37. The van der Waals surface area contributed by atoms with E-state index in [-0.39, 0.29) is 0 Å². The second-order valence-corrected chi connectivity index (χ2v) is 7.69. The van der Waals surface area contributed by atoms with E-state index < -0.39 is 0 Å². The molecule has 2 aromatic heterocycles. The Bertz CT molecular complexity index is 942. The molecule has 0 N–H and O–H groups in total. The third-order valence-electron chi connectivity index (χ3n) is 3.13. The highest BCUT2D eigenvalue weighted by Gasteiger charge is 2.14. The summed E-state index contributed by atoms with van der Waals surface area (Å²) in [6.07, 6.45) is 0. The molecule has 0 fully saturated rings.